The van der Waals surface area contributed by atoms with Crippen LogP contribution in [-0.4, -0.2) is 90.0 Å². The summed E-state index contributed by atoms with van der Waals surface area (Å²) < 4.78 is 5.43. The third-order valence-electron chi connectivity index (χ3n) is 8.85. The Balaban J connectivity index is 1.17. The fraction of sp³-hybridized carbons (Fsp3) is 0.469. The number of nitrogens with zero attached hydrogens (tertiary/aromatic N) is 4. The monoisotopic (exact) mass is 594 g/mol. The number of carbonyl (C=O) groups is 2. The fourth-order valence-corrected chi connectivity index (χ4v) is 6.77. The number of halogens is 2. The lowest BCUT2D eigenvalue weighted by atomic mass is 9.92. The highest BCUT2D eigenvalue weighted by atomic mass is 35.5. The van der Waals surface area contributed by atoms with E-state index in [0.717, 1.165) is 61.0 Å². The Kier molecular flexibility index (Phi) is 8.50. The van der Waals surface area contributed by atoms with Gasteiger partial charge in [0.15, 0.2) is 0 Å². The molecule has 0 aliphatic carbocycles. The molecule has 2 amide bonds. The molecule has 3 aromatic rings. The van der Waals surface area contributed by atoms with Gasteiger partial charge in [-0.1, -0.05) is 35.3 Å². The molecule has 3 saturated heterocycles. The fourth-order valence-electron chi connectivity index (χ4n) is 6.49. The van der Waals surface area contributed by atoms with Crippen LogP contribution in [0.3, 0.4) is 0 Å². The van der Waals surface area contributed by atoms with Gasteiger partial charge >= 0.3 is 0 Å². The summed E-state index contributed by atoms with van der Waals surface area (Å²) in [6.07, 6.45) is 3.81. The predicted octanol–water partition coefficient (Wildman–Crippen LogP) is 5.69. The van der Waals surface area contributed by atoms with E-state index in [4.69, 9.17) is 32.9 Å². The van der Waals surface area contributed by atoms with Gasteiger partial charge in [-0.2, -0.15) is 0 Å². The summed E-state index contributed by atoms with van der Waals surface area (Å²) in [6, 6.07) is 13.6. The van der Waals surface area contributed by atoms with Crippen LogP contribution in [0.5, 0.6) is 0 Å². The van der Waals surface area contributed by atoms with Gasteiger partial charge in [0, 0.05) is 59.8 Å². The van der Waals surface area contributed by atoms with E-state index in [1.54, 1.807) is 0 Å². The van der Waals surface area contributed by atoms with Crippen LogP contribution in [0.1, 0.15) is 41.6 Å². The molecule has 0 N–H and O–H groups in total. The van der Waals surface area contributed by atoms with Crippen molar-refractivity contribution >= 4 is 45.9 Å². The summed E-state index contributed by atoms with van der Waals surface area (Å²) in [6.45, 7) is 7.83. The maximum Gasteiger partial charge on any atom is 0.254 e. The highest BCUT2D eigenvalue weighted by Crippen LogP contribution is 2.32. The summed E-state index contributed by atoms with van der Waals surface area (Å²) in [5, 5.41) is 2.10. The molecule has 0 saturated carbocycles. The summed E-state index contributed by atoms with van der Waals surface area (Å²) in [4.78, 5) is 38.5. The van der Waals surface area contributed by atoms with Gasteiger partial charge in [-0.25, -0.2) is 4.98 Å². The zero-order valence-electron chi connectivity index (χ0n) is 23.5. The lowest BCUT2D eigenvalue weighted by molar-refractivity contribution is -0.141. The molecule has 9 heteroatoms. The minimum absolute atomic E-state index is 0.0202. The summed E-state index contributed by atoms with van der Waals surface area (Å²) in [5.74, 6) is 0.361. The molecule has 2 aromatic carbocycles. The number of likely N-dealkylation sites (tertiary alicyclic amines) is 2. The van der Waals surface area contributed by atoms with E-state index < -0.39 is 0 Å². The van der Waals surface area contributed by atoms with Crippen molar-refractivity contribution in [3.05, 3.63) is 63.6 Å². The van der Waals surface area contributed by atoms with Gasteiger partial charge in [0.2, 0.25) is 5.91 Å². The van der Waals surface area contributed by atoms with Crippen LogP contribution >= 0.6 is 23.2 Å². The molecule has 1 aromatic heterocycles. The quantitative estimate of drug-likeness (QED) is 0.388. The Morgan fingerprint density at radius 2 is 1.63 bits per heavy atom. The number of hydrogen-bond donors (Lipinski definition) is 0. The molecular formula is C32H36Cl2N4O3. The van der Waals surface area contributed by atoms with Crippen molar-refractivity contribution in [2.24, 2.45) is 5.92 Å². The summed E-state index contributed by atoms with van der Waals surface area (Å²) in [5.41, 5.74) is 3.88. The molecule has 0 unspecified atom stereocenters. The number of carbonyl (C=O) groups excluding carboxylic acids is 2. The Morgan fingerprint density at radius 3 is 2.37 bits per heavy atom. The number of aromatic nitrogens is 1. The molecule has 1 atom stereocenters. The van der Waals surface area contributed by atoms with Crippen molar-refractivity contribution in [2.75, 3.05) is 52.5 Å². The van der Waals surface area contributed by atoms with Crippen LogP contribution in [0, 0.1) is 12.8 Å². The predicted molar refractivity (Wildman–Crippen MR) is 163 cm³/mol. The van der Waals surface area contributed by atoms with Crippen LogP contribution in [0.4, 0.5) is 0 Å². The van der Waals surface area contributed by atoms with Gasteiger partial charge in [-0.05, 0) is 75.0 Å². The molecule has 6 rings (SSSR count). The first-order valence-corrected chi connectivity index (χ1v) is 15.4. The van der Waals surface area contributed by atoms with Crippen molar-refractivity contribution in [3.8, 4) is 11.3 Å². The maximum absolute atomic E-state index is 14.0. The Hall–Kier alpha value is -2.71. The first-order valence-electron chi connectivity index (χ1n) is 14.6. The average Bonchev–Trinajstić information content (AvgIpc) is 3.01. The summed E-state index contributed by atoms with van der Waals surface area (Å²) in [7, 11) is 0. The van der Waals surface area contributed by atoms with Crippen LogP contribution in [0.25, 0.3) is 22.2 Å². The number of ether oxygens (including phenoxy) is 1. The first kappa shape index (κ1) is 28.4. The molecular weight excluding hydrogens is 559 g/mol. The van der Waals surface area contributed by atoms with E-state index in [0.29, 0.717) is 66.6 Å². The van der Waals surface area contributed by atoms with Gasteiger partial charge in [-0.15, -0.1) is 0 Å². The van der Waals surface area contributed by atoms with E-state index in [-0.39, 0.29) is 17.7 Å². The number of hydrogen-bond acceptors (Lipinski definition) is 5. The van der Waals surface area contributed by atoms with Crippen LogP contribution in [-0.2, 0) is 9.53 Å². The highest BCUT2D eigenvalue weighted by molar-refractivity contribution is 6.32. The minimum atomic E-state index is 0.0202. The number of pyridine rings is 1. The van der Waals surface area contributed by atoms with Crippen LogP contribution < -0.4 is 0 Å². The number of benzene rings is 2. The molecule has 3 aliphatic rings. The van der Waals surface area contributed by atoms with Crippen LogP contribution in [0.15, 0.2) is 42.5 Å². The second-order valence-corrected chi connectivity index (χ2v) is 12.3. The zero-order chi connectivity index (χ0) is 28.5. The van der Waals surface area contributed by atoms with E-state index >= 15 is 0 Å². The number of rotatable bonds is 4. The smallest absolute Gasteiger partial charge is 0.254 e. The van der Waals surface area contributed by atoms with E-state index in [1.807, 2.05) is 59.2 Å². The molecule has 7 nitrogen and oxygen atoms in total. The second kappa shape index (κ2) is 12.3. The Bertz CT molecular complexity index is 1430. The topological polar surface area (TPSA) is 66.0 Å². The molecule has 0 bridgehead atoms. The Morgan fingerprint density at radius 1 is 0.902 bits per heavy atom. The average molecular weight is 596 g/mol. The zero-order valence-corrected chi connectivity index (χ0v) is 25.0. The second-order valence-electron chi connectivity index (χ2n) is 11.5. The molecule has 216 valence electrons. The molecule has 3 fully saturated rings. The van der Waals surface area contributed by atoms with Gasteiger partial charge in [-0.3, -0.25) is 14.5 Å². The standard InChI is InChI=1S/C32H36Cl2N4O3/c1-21-17-26-27(18-29(35-30(26)19-28(21)34)22-4-6-24(33)7-5-22)32(40)36-11-8-25(9-12-36)38-10-2-3-23(20-38)31(39)37-13-15-41-16-14-37/h4-7,17-19,23,25H,2-3,8-16,20H2,1H3/t23-/m1/s1. The largest absolute Gasteiger partial charge is 0.378 e. The lowest BCUT2D eigenvalue weighted by Gasteiger charge is -2.43. The van der Waals surface area contributed by atoms with Gasteiger partial charge in [0.1, 0.15) is 0 Å². The third kappa shape index (κ3) is 6.09. The minimum Gasteiger partial charge on any atom is -0.378 e. The molecule has 0 radical (unpaired) electrons. The van der Waals surface area contributed by atoms with Crippen molar-refractivity contribution in [1.29, 1.82) is 0 Å². The third-order valence-corrected chi connectivity index (χ3v) is 9.51. The van der Waals surface area contributed by atoms with Crippen LogP contribution in [0.2, 0.25) is 10.0 Å². The molecule has 3 aliphatic heterocycles. The normalized spacial score (nSPS) is 20.9. The van der Waals surface area contributed by atoms with E-state index in [9.17, 15) is 9.59 Å². The number of morpholine rings is 1. The lowest BCUT2D eigenvalue weighted by Crippen LogP contribution is -2.53. The van der Waals surface area contributed by atoms with Gasteiger partial charge in [0.25, 0.3) is 5.91 Å². The SMILES string of the molecule is Cc1cc2c(C(=O)N3CCC(N4CCC[C@@H](C(=O)N5CCOCC5)C4)CC3)cc(-c3ccc(Cl)cc3)nc2cc1Cl. The highest BCUT2D eigenvalue weighted by Gasteiger charge is 2.35. The van der Waals surface area contributed by atoms with Gasteiger partial charge in [0.05, 0.1) is 35.9 Å². The number of aryl methyl sites for hydroxylation is 1. The molecule has 4 heterocycles. The molecule has 41 heavy (non-hydrogen) atoms. The van der Waals surface area contributed by atoms with Crippen molar-refractivity contribution in [2.45, 2.75) is 38.6 Å². The summed E-state index contributed by atoms with van der Waals surface area (Å²) >= 11 is 12.6. The number of amides is 2. The van der Waals surface area contributed by atoms with Gasteiger partial charge < -0.3 is 14.5 Å². The number of piperidine rings is 2. The van der Waals surface area contributed by atoms with Crippen molar-refractivity contribution in [3.63, 3.8) is 0 Å². The van der Waals surface area contributed by atoms with Crippen molar-refractivity contribution in [1.82, 2.24) is 19.7 Å². The molecule has 0 spiro atoms. The van der Waals surface area contributed by atoms with E-state index in [2.05, 4.69) is 4.90 Å². The number of fused-ring (bicyclic) bond motifs is 1. The maximum atomic E-state index is 14.0. The van der Waals surface area contributed by atoms with Crippen molar-refractivity contribution < 1.29 is 14.3 Å². The Labute approximate surface area is 251 Å². The van der Waals surface area contributed by atoms with E-state index in [1.165, 1.54) is 0 Å². The first-order chi connectivity index (χ1) is 19.9.